The number of quaternary nitrogens is 1. The van der Waals surface area contributed by atoms with E-state index in [4.69, 9.17) is 9.47 Å². The van der Waals surface area contributed by atoms with Gasteiger partial charge in [0, 0.05) is 31.1 Å². The van der Waals surface area contributed by atoms with Crippen molar-refractivity contribution in [2.24, 2.45) is 11.8 Å². The fourth-order valence-corrected chi connectivity index (χ4v) is 6.56. The summed E-state index contributed by atoms with van der Waals surface area (Å²) in [4.78, 5) is 13.6. The average Bonchev–Trinajstić information content (AvgIpc) is 3.44. The lowest BCUT2D eigenvalue weighted by Gasteiger charge is -2.52. The highest BCUT2D eigenvalue weighted by Crippen LogP contribution is 2.43. The Kier molecular flexibility index (Phi) is 6.94. The number of carbonyl (C=O) groups is 1. The molecule has 5 heteroatoms. The number of piperidine rings is 3. The molecule has 0 aromatic heterocycles. The molecule has 182 valence electrons. The van der Waals surface area contributed by atoms with Gasteiger partial charge in [-0.15, -0.1) is 0 Å². The first-order chi connectivity index (χ1) is 16.6. The van der Waals surface area contributed by atoms with Crippen LogP contribution in [0.3, 0.4) is 0 Å². The number of hydrogen-bond donors (Lipinski definition) is 1. The van der Waals surface area contributed by atoms with Gasteiger partial charge in [-0.2, -0.15) is 0 Å². The van der Waals surface area contributed by atoms with E-state index in [-0.39, 0.29) is 12.0 Å². The number of nitrogens with zero attached hydrogens (tertiary/aromatic N) is 1. The van der Waals surface area contributed by atoms with Gasteiger partial charge in [-0.05, 0) is 30.5 Å². The Hall–Kier alpha value is -2.37. The quantitative estimate of drug-likeness (QED) is 0.332. The van der Waals surface area contributed by atoms with Crippen molar-refractivity contribution < 1.29 is 23.9 Å². The second-order valence-electron chi connectivity index (χ2n) is 10.6. The van der Waals surface area contributed by atoms with Crippen molar-refractivity contribution in [1.82, 2.24) is 0 Å². The smallest absolute Gasteiger partial charge is 0.343 e. The van der Waals surface area contributed by atoms with Crippen LogP contribution in [0.4, 0.5) is 0 Å². The zero-order chi connectivity index (χ0) is 23.4. The van der Waals surface area contributed by atoms with Gasteiger partial charge in [-0.1, -0.05) is 61.4 Å². The first-order valence-electron chi connectivity index (χ1n) is 13.1. The van der Waals surface area contributed by atoms with E-state index >= 15 is 0 Å². The highest BCUT2D eigenvalue weighted by molar-refractivity contribution is 5.81. The molecule has 2 aromatic carbocycles. The number of ether oxygens (including phenoxy) is 2. The fraction of sp³-hybridized carbons (Fsp3) is 0.552. The minimum absolute atomic E-state index is 0.0678. The van der Waals surface area contributed by atoms with Crippen LogP contribution in [0.25, 0.3) is 0 Å². The highest BCUT2D eigenvalue weighted by atomic mass is 16.6. The monoisotopic (exact) mass is 464 g/mol. The van der Waals surface area contributed by atoms with Gasteiger partial charge in [0.2, 0.25) is 0 Å². The molecule has 6 rings (SSSR count). The molecule has 34 heavy (non-hydrogen) atoms. The predicted octanol–water partition coefficient (Wildman–Crippen LogP) is 4.69. The molecule has 3 heterocycles. The van der Waals surface area contributed by atoms with E-state index in [1.54, 1.807) is 0 Å². The number of aliphatic hydroxyl groups is 1. The van der Waals surface area contributed by atoms with Gasteiger partial charge >= 0.3 is 5.97 Å². The number of rotatable bonds is 9. The SMILES string of the molecule is O=C(OC1C[N+]2(CCCOc3ccccc3)CCC1CC2)[C@@](O)(c1ccccc1)C1CCCC1. The highest BCUT2D eigenvalue weighted by Gasteiger charge is 2.52. The standard InChI is InChI=1S/C29H38NO4/c31-28(29(32,25-12-7-8-13-25)24-10-3-1-4-11-24)34-27-22-30(19-16-23(27)17-20-30)18-9-21-33-26-14-5-2-6-15-26/h1-6,10-11,14-15,23,25,27,32H,7-9,12-13,16-22H2/q+1/t23?,27?,29-,30?/m1/s1. The molecule has 0 amide bonds. The first kappa shape index (κ1) is 23.4. The Balaban J connectivity index is 1.23. The molecule has 4 aliphatic rings. The lowest BCUT2D eigenvalue weighted by Crippen LogP contribution is -2.65. The van der Waals surface area contributed by atoms with Crippen LogP contribution >= 0.6 is 0 Å². The summed E-state index contributed by atoms with van der Waals surface area (Å²) >= 11 is 0. The van der Waals surface area contributed by atoms with Gasteiger partial charge in [-0.3, -0.25) is 0 Å². The molecular formula is C29H38NO4+. The lowest BCUT2D eigenvalue weighted by molar-refractivity contribution is -0.946. The number of fused-ring (bicyclic) bond motifs is 3. The third-order valence-electron chi connectivity index (χ3n) is 8.56. The van der Waals surface area contributed by atoms with E-state index in [1.165, 1.54) is 0 Å². The lowest BCUT2D eigenvalue weighted by atomic mass is 9.79. The maximum Gasteiger partial charge on any atom is 0.343 e. The number of esters is 1. The average molecular weight is 465 g/mol. The summed E-state index contributed by atoms with van der Waals surface area (Å²) in [5, 5.41) is 11.8. The van der Waals surface area contributed by atoms with E-state index in [0.29, 0.717) is 18.1 Å². The molecule has 1 aliphatic carbocycles. The molecule has 2 bridgehead atoms. The maximum absolute atomic E-state index is 13.6. The minimum Gasteiger partial charge on any atom is -0.493 e. The minimum atomic E-state index is -1.54. The zero-order valence-electron chi connectivity index (χ0n) is 20.1. The van der Waals surface area contributed by atoms with Gasteiger partial charge in [0.25, 0.3) is 0 Å². The van der Waals surface area contributed by atoms with E-state index < -0.39 is 11.6 Å². The molecule has 3 aliphatic heterocycles. The number of benzene rings is 2. The summed E-state index contributed by atoms with van der Waals surface area (Å²) < 4.78 is 13.1. The van der Waals surface area contributed by atoms with E-state index in [9.17, 15) is 9.90 Å². The summed E-state index contributed by atoms with van der Waals surface area (Å²) in [5.74, 6) is 0.823. The molecule has 0 radical (unpaired) electrons. The Labute approximate surface area is 203 Å². The topological polar surface area (TPSA) is 55.8 Å². The summed E-state index contributed by atoms with van der Waals surface area (Å²) in [6.45, 7) is 4.90. The normalized spacial score (nSPS) is 28.4. The molecule has 3 saturated heterocycles. The summed E-state index contributed by atoms with van der Waals surface area (Å²) in [7, 11) is 0. The molecule has 2 aromatic rings. The van der Waals surface area contributed by atoms with Gasteiger partial charge in [0.05, 0.1) is 26.2 Å². The van der Waals surface area contributed by atoms with Crippen LogP contribution in [0.15, 0.2) is 60.7 Å². The van der Waals surface area contributed by atoms with Crippen LogP contribution in [0.1, 0.15) is 50.5 Å². The van der Waals surface area contributed by atoms with Crippen molar-refractivity contribution in [2.75, 3.05) is 32.8 Å². The van der Waals surface area contributed by atoms with Crippen molar-refractivity contribution in [3.8, 4) is 5.75 Å². The van der Waals surface area contributed by atoms with Crippen molar-refractivity contribution in [3.05, 3.63) is 66.2 Å². The van der Waals surface area contributed by atoms with Crippen LogP contribution in [-0.2, 0) is 15.1 Å². The van der Waals surface area contributed by atoms with Crippen LogP contribution in [0.5, 0.6) is 5.75 Å². The Morgan fingerprint density at radius 2 is 1.59 bits per heavy atom. The molecule has 1 unspecified atom stereocenters. The van der Waals surface area contributed by atoms with E-state index in [1.807, 2.05) is 60.7 Å². The Bertz CT molecular complexity index is 935. The largest absolute Gasteiger partial charge is 0.493 e. The van der Waals surface area contributed by atoms with Crippen molar-refractivity contribution in [1.29, 1.82) is 0 Å². The Morgan fingerprint density at radius 1 is 0.941 bits per heavy atom. The van der Waals surface area contributed by atoms with E-state index in [2.05, 4.69) is 0 Å². The zero-order valence-corrected chi connectivity index (χ0v) is 20.1. The molecule has 1 saturated carbocycles. The van der Waals surface area contributed by atoms with Gasteiger partial charge in [0.15, 0.2) is 11.7 Å². The second kappa shape index (κ2) is 10.1. The molecule has 4 fully saturated rings. The van der Waals surface area contributed by atoms with Crippen LogP contribution < -0.4 is 4.74 Å². The fourth-order valence-electron chi connectivity index (χ4n) is 6.56. The number of hydrogen-bond acceptors (Lipinski definition) is 4. The number of carbonyl (C=O) groups excluding carboxylic acids is 1. The van der Waals surface area contributed by atoms with Crippen molar-refractivity contribution in [3.63, 3.8) is 0 Å². The number of para-hydroxylation sites is 1. The van der Waals surface area contributed by atoms with Crippen molar-refractivity contribution >= 4 is 5.97 Å². The molecule has 2 atom stereocenters. The van der Waals surface area contributed by atoms with Crippen molar-refractivity contribution in [2.45, 2.75) is 56.7 Å². The van der Waals surface area contributed by atoms with E-state index in [0.717, 1.165) is 81.4 Å². The first-order valence-corrected chi connectivity index (χ1v) is 13.1. The summed E-state index contributed by atoms with van der Waals surface area (Å²) in [5.41, 5.74) is -0.867. The summed E-state index contributed by atoms with van der Waals surface area (Å²) in [6.07, 6.45) is 6.91. The molecule has 0 spiro atoms. The van der Waals surface area contributed by atoms with Crippen LogP contribution in [0, 0.1) is 11.8 Å². The molecule has 5 nitrogen and oxygen atoms in total. The van der Waals surface area contributed by atoms with Gasteiger partial charge in [-0.25, -0.2) is 4.79 Å². The molecule has 1 N–H and O–H groups in total. The van der Waals surface area contributed by atoms with Gasteiger partial charge in [0.1, 0.15) is 12.3 Å². The third kappa shape index (κ3) is 4.73. The third-order valence-corrected chi connectivity index (χ3v) is 8.56. The second-order valence-corrected chi connectivity index (χ2v) is 10.6. The summed E-state index contributed by atoms with van der Waals surface area (Å²) in [6, 6.07) is 19.4. The Morgan fingerprint density at radius 3 is 2.26 bits per heavy atom. The van der Waals surface area contributed by atoms with Crippen LogP contribution in [0.2, 0.25) is 0 Å². The maximum atomic E-state index is 13.6. The molecular weight excluding hydrogens is 426 g/mol. The van der Waals surface area contributed by atoms with Gasteiger partial charge < -0.3 is 19.1 Å². The predicted molar refractivity (Wildman–Crippen MR) is 131 cm³/mol. The van der Waals surface area contributed by atoms with Crippen LogP contribution in [-0.4, -0.2) is 54.4 Å².